The average Bonchev–Trinajstić information content (AvgIpc) is 2.00. The molecule has 3 N–H and O–H groups in total. The average molecular weight is 172 g/mol. The fraction of sp³-hybridized carbons (Fsp3) is 0.429. The van der Waals surface area contributed by atoms with E-state index in [1.807, 2.05) is 0 Å². The third kappa shape index (κ3) is 6.76. The van der Waals surface area contributed by atoms with Crippen molar-refractivity contribution in [2.45, 2.75) is 0 Å². The lowest BCUT2D eigenvalue weighted by atomic mass is 10.5. The molecule has 0 radical (unpaired) electrons. The van der Waals surface area contributed by atoms with Gasteiger partial charge in [-0.1, -0.05) is 6.08 Å². The topological polar surface area (TPSA) is 78.4 Å². The third-order valence-electron chi connectivity index (χ3n) is 1.01. The number of hydrogen-bond donors (Lipinski definition) is 3. The zero-order chi connectivity index (χ0) is 9.40. The number of aliphatic carboxylic acids is 1. The first-order valence-electron chi connectivity index (χ1n) is 3.47. The van der Waals surface area contributed by atoms with Gasteiger partial charge in [0.25, 0.3) is 0 Å². The van der Waals surface area contributed by atoms with Gasteiger partial charge >= 0.3 is 5.97 Å². The number of carboxylic acid groups (broad SMARTS) is 1. The Morgan fingerprint density at radius 3 is 2.58 bits per heavy atom. The van der Waals surface area contributed by atoms with Gasteiger partial charge in [-0.15, -0.1) is 6.58 Å². The summed E-state index contributed by atoms with van der Waals surface area (Å²) in [4.78, 5) is 20.8. The fourth-order valence-corrected chi connectivity index (χ4v) is 0.531. The summed E-state index contributed by atoms with van der Waals surface area (Å²) >= 11 is 0. The van der Waals surface area contributed by atoms with Crippen LogP contribution in [0.15, 0.2) is 12.7 Å². The highest BCUT2D eigenvalue weighted by Gasteiger charge is 1.99. The van der Waals surface area contributed by atoms with E-state index in [0.717, 1.165) is 0 Å². The normalized spacial score (nSPS) is 9.00. The number of nitrogens with one attached hydrogen (secondary N) is 2. The van der Waals surface area contributed by atoms with Crippen LogP contribution in [0.1, 0.15) is 0 Å². The van der Waals surface area contributed by atoms with Crippen LogP contribution >= 0.6 is 0 Å². The largest absolute Gasteiger partial charge is 0.480 e. The molecule has 0 aliphatic heterocycles. The lowest BCUT2D eigenvalue weighted by Gasteiger charge is -2.01. The summed E-state index contributed by atoms with van der Waals surface area (Å²) in [6.45, 7) is 3.62. The van der Waals surface area contributed by atoms with Gasteiger partial charge in [-0.05, 0) is 0 Å². The summed E-state index contributed by atoms with van der Waals surface area (Å²) in [7, 11) is 0. The van der Waals surface area contributed by atoms with E-state index in [1.54, 1.807) is 6.08 Å². The molecule has 0 rings (SSSR count). The first-order valence-corrected chi connectivity index (χ1v) is 3.47. The fourth-order valence-electron chi connectivity index (χ4n) is 0.531. The minimum absolute atomic E-state index is 0.0140. The van der Waals surface area contributed by atoms with Crippen LogP contribution < -0.4 is 10.6 Å². The number of rotatable bonds is 6. The quantitative estimate of drug-likeness (QED) is 0.447. The molecule has 0 atom stereocenters. The molecule has 5 heteroatoms. The van der Waals surface area contributed by atoms with Crippen LogP contribution in [0.2, 0.25) is 0 Å². The van der Waals surface area contributed by atoms with Gasteiger partial charge in [-0.3, -0.25) is 14.9 Å². The molecule has 0 heterocycles. The monoisotopic (exact) mass is 172 g/mol. The molecule has 0 fully saturated rings. The Morgan fingerprint density at radius 1 is 1.42 bits per heavy atom. The minimum Gasteiger partial charge on any atom is -0.480 e. The van der Waals surface area contributed by atoms with E-state index in [9.17, 15) is 9.59 Å². The molecule has 0 aromatic rings. The summed E-state index contributed by atoms with van der Waals surface area (Å²) in [6, 6.07) is 0. The van der Waals surface area contributed by atoms with E-state index < -0.39 is 5.97 Å². The van der Waals surface area contributed by atoms with Crippen molar-refractivity contribution in [3.63, 3.8) is 0 Å². The van der Waals surface area contributed by atoms with E-state index in [-0.39, 0.29) is 19.0 Å². The van der Waals surface area contributed by atoms with Crippen LogP contribution in [0.3, 0.4) is 0 Å². The maximum atomic E-state index is 10.8. The molecule has 0 saturated heterocycles. The summed E-state index contributed by atoms with van der Waals surface area (Å²) in [5, 5.41) is 13.1. The maximum absolute atomic E-state index is 10.8. The number of hydrogen-bond acceptors (Lipinski definition) is 3. The van der Waals surface area contributed by atoms with E-state index in [1.165, 1.54) is 0 Å². The van der Waals surface area contributed by atoms with Gasteiger partial charge in [-0.25, -0.2) is 0 Å². The highest BCUT2D eigenvalue weighted by Crippen LogP contribution is 1.66. The van der Waals surface area contributed by atoms with Crippen LogP contribution in [0, 0.1) is 0 Å². The Bertz CT molecular complexity index is 179. The van der Waals surface area contributed by atoms with Crippen molar-refractivity contribution in [1.29, 1.82) is 0 Å². The Morgan fingerprint density at radius 2 is 2.08 bits per heavy atom. The Kier molecular flexibility index (Phi) is 5.64. The first-order chi connectivity index (χ1) is 5.66. The maximum Gasteiger partial charge on any atom is 0.317 e. The number of carbonyl (C=O) groups excluding carboxylic acids is 1. The second-order valence-electron chi connectivity index (χ2n) is 2.09. The molecule has 68 valence electrons. The molecular formula is C7H12N2O3. The second-order valence-corrected chi connectivity index (χ2v) is 2.09. The van der Waals surface area contributed by atoms with E-state index in [0.29, 0.717) is 6.54 Å². The van der Waals surface area contributed by atoms with Gasteiger partial charge in [0.15, 0.2) is 0 Å². The predicted octanol–water partition coefficient (Wildman–Crippen LogP) is -1.04. The van der Waals surface area contributed by atoms with Crippen LogP contribution in [0.25, 0.3) is 0 Å². The van der Waals surface area contributed by atoms with E-state index in [4.69, 9.17) is 5.11 Å². The van der Waals surface area contributed by atoms with Crippen molar-refractivity contribution in [3.8, 4) is 0 Å². The molecule has 0 spiro atoms. The Labute approximate surface area is 70.5 Å². The van der Waals surface area contributed by atoms with Gasteiger partial charge in [0.2, 0.25) is 5.91 Å². The Balaban J connectivity index is 3.31. The SMILES string of the molecule is C=CCNC(=O)CNCC(=O)O. The first kappa shape index (κ1) is 10.6. The molecule has 1 amide bonds. The van der Waals surface area contributed by atoms with Crippen LogP contribution in [0.5, 0.6) is 0 Å². The minimum atomic E-state index is -0.980. The summed E-state index contributed by atoms with van der Waals surface area (Å²) in [5.74, 6) is -1.22. The van der Waals surface area contributed by atoms with Gasteiger partial charge in [0.1, 0.15) is 0 Å². The summed E-state index contributed by atoms with van der Waals surface area (Å²) in [5.41, 5.74) is 0. The smallest absolute Gasteiger partial charge is 0.317 e. The van der Waals surface area contributed by atoms with E-state index >= 15 is 0 Å². The van der Waals surface area contributed by atoms with Gasteiger partial charge in [0.05, 0.1) is 13.1 Å². The lowest BCUT2D eigenvalue weighted by molar-refractivity contribution is -0.136. The highest BCUT2D eigenvalue weighted by atomic mass is 16.4. The lowest BCUT2D eigenvalue weighted by Crippen LogP contribution is -2.36. The number of carboxylic acids is 1. The van der Waals surface area contributed by atoms with Gasteiger partial charge < -0.3 is 10.4 Å². The molecule has 12 heavy (non-hydrogen) atoms. The van der Waals surface area contributed by atoms with Crippen molar-refractivity contribution >= 4 is 11.9 Å². The van der Waals surface area contributed by atoms with E-state index in [2.05, 4.69) is 17.2 Å². The molecular weight excluding hydrogens is 160 g/mol. The zero-order valence-corrected chi connectivity index (χ0v) is 6.67. The molecule has 0 aromatic heterocycles. The molecule has 0 aliphatic rings. The van der Waals surface area contributed by atoms with Gasteiger partial charge in [-0.2, -0.15) is 0 Å². The van der Waals surface area contributed by atoms with Crippen molar-refractivity contribution < 1.29 is 14.7 Å². The van der Waals surface area contributed by atoms with Crippen LogP contribution in [0.4, 0.5) is 0 Å². The van der Waals surface area contributed by atoms with Gasteiger partial charge in [0, 0.05) is 6.54 Å². The Hall–Kier alpha value is -1.36. The predicted molar refractivity (Wildman–Crippen MR) is 43.7 cm³/mol. The molecule has 5 nitrogen and oxygen atoms in total. The van der Waals surface area contributed by atoms with Crippen molar-refractivity contribution in [2.75, 3.05) is 19.6 Å². The molecule has 0 bridgehead atoms. The molecule has 0 unspecified atom stereocenters. The molecule has 0 aliphatic carbocycles. The third-order valence-corrected chi connectivity index (χ3v) is 1.01. The van der Waals surface area contributed by atoms with Crippen molar-refractivity contribution in [1.82, 2.24) is 10.6 Å². The van der Waals surface area contributed by atoms with Crippen molar-refractivity contribution in [3.05, 3.63) is 12.7 Å². The molecule has 0 aromatic carbocycles. The van der Waals surface area contributed by atoms with Crippen LogP contribution in [-0.4, -0.2) is 36.6 Å². The zero-order valence-electron chi connectivity index (χ0n) is 6.67. The number of amides is 1. The molecule has 0 saturated carbocycles. The van der Waals surface area contributed by atoms with Crippen molar-refractivity contribution in [2.24, 2.45) is 0 Å². The standard InChI is InChI=1S/C7H12N2O3/c1-2-3-9-6(10)4-8-5-7(11)12/h2,8H,1,3-5H2,(H,9,10)(H,11,12). The second kappa shape index (κ2) is 6.36. The summed E-state index contributed by atoms with van der Waals surface area (Å²) in [6.07, 6.45) is 1.55. The number of carbonyl (C=O) groups is 2. The highest BCUT2D eigenvalue weighted by molar-refractivity contribution is 5.79. The van der Waals surface area contributed by atoms with Crippen LogP contribution in [-0.2, 0) is 9.59 Å². The summed E-state index contributed by atoms with van der Waals surface area (Å²) < 4.78 is 0.